The topological polar surface area (TPSA) is 95.5 Å². The first-order valence-corrected chi connectivity index (χ1v) is 20.4. The van der Waals surface area contributed by atoms with E-state index < -0.39 is 12.0 Å². The van der Waals surface area contributed by atoms with E-state index >= 15 is 0 Å². The van der Waals surface area contributed by atoms with Crippen LogP contribution in [0.5, 0.6) is 0 Å². The number of nitrogens with one attached hydrogen (secondary N) is 2. The zero-order chi connectivity index (χ0) is 39.4. The van der Waals surface area contributed by atoms with Crippen molar-refractivity contribution in [1.82, 2.24) is 10.6 Å². The number of carbonyl (C=O) groups is 3. The molecule has 0 saturated heterocycles. The molecule has 0 aliphatic rings. The molecule has 54 heavy (non-hydrogen) atoms. The number of hydrogen-bond acceptors (Lipinski definition) is 3. The standard InChI is InChI=1S/C48H72N2O4/c1-3-5-7-9-11-13-15-17-19-21-22-24-25-27-29-31-33-35-37-42-46(51)49-44-40-39-41-45(48(53)54)50-47(52)43-38-36-34-32-30-28-26-23-20-18-16-14-12-10-8-6-4-2/h5-8,11-14,17-20,22,24,26-29,32-35,45H,3-4,9-10,15-16,21,23,25,30-31,36-44H2,1-2H3,(H,49,51)(H,50,52)(H,53,54)/t45-/m0/s1. The van der Waals surface area contributed by atoms with E-state index in [2.05, 4.69) is 152 Å². The Balaban J connectivity index is 3.88. The van der Waals surface area contributed by atoms with Gasteiger partial charge < -0.3 is 15.7 Å². The van der Waals surface area contributed by atoms with Gasteiger partial charge in [-0.15, -0.1) is 0 Å². The highest BCUT2D eigenvalue weighted by Gasteiger charge is 2.19. The fourth-order valence-electron chi connectivity index (χ4n) is 4.92. The van der Waals surface area contributed by atoms with Gasteiger partial charge >= 0.3 is 5.97 Å². The van der Waals surface area contributed by atoms with Crippen LogP contribution >= 0.6 is 0 Å². The Morgan fingerprint density at radius 1 is 0.444 bits per heavy atom. The van der Waals surface area contributed by atoms with Gasteiger partial charge in [-0.2, -0.15) is 0 Å². The van der Waals surface area contributed by atoms with Crippen molar-refractivity contribution in [2.75, 3.05) is 6.54 Å². The number of carboxylic acid groups (broad SMARTS) is 1. The van der Waals surface area contributed by atoms with Gasteiger partial charge in [-0.05, 0) is 109 Å². The van der Waals surface area contributed by atoms with E-state index in [0.29, 0.717) is 51.5 Å². The molecular formula is C48H72N2O4. The molecule has 0 aromatic heterocycles. The summed E-state index contributed by atoms with van der Waals surface area (Å²) in [6.07, 6.45) is 62.5. The minimum atomic E-state index is -1.03. The van der Waals surface area contributed by atoms with Crippen molar-refractivity contribution < 1.29 is 19.5 Å². The van der Waals surface area contributed by atoms with E-state index in [0.717, 1.165) is 77.0 Å². The molecule has 0 unspecified atom stereocenters. The second-order valence-corrected chi connectivity index (χ2v) is 12.9. The lowest BCUT2D eigenvalue weighted by Crippen LogP contribution is -2.40. The zero-order valence-electron chi connectivity index (χ0n) is 33.6. The first-order chi connectivity index (χ1) is 26.5. The molecule has 6 nitrogen and oxygen atoms in total. The van der Waals surface area contributed by atoms with Gasteiger partial charge in [0.15, 0.2) is 0 Å². The van der Waals surface area contributed by atoms with E-state index in [1.54, 1.807) is 0 Å². The molecule has 0 aliphatic heterocycles. The van der Waals surface area contributed by atoms with E-state index in [1.807, 2.05) is 6.08 Å². The van der Waals surface area contributed by atoms with E-state index in [-0.39, 0.29) is 11.8 Å². The normalized spacial score (nSPS) is 13.5. The molecule has 0 aliphatic carbocycles. The number of hydrogen-bond donors (Lipinski definition) is 3. The molecule has 0 bridgehead atoms. The summed E-state index contributed by atoms with van der Waals surface area (Å²) in [5, 5.41) is 15.1. The molecule has 298 valence electrons. The Hall–Kier alpha value is -4.45. The Labute approximate surface area is 329 Å². The fourth-order valence-corrected chi connectivity index (χ4v) is 4.92. The van der Waals surface area contributed by atoms with Crippen molar-refractivity contribution in [3.05, 3.63) is 134 Å². The molecule has 0 saturated carbocycles. The van der Waals surface area contributed by atoms with Crippen molar-refractivity contribution in [2.45, 2.75) is 142 Å². The van der Waals surface area contributed by atoms with Crippen molar-refractivity contribution in [3.8, 4) is 0 Å². The maximum absolute atomic E-state index is 12.3. The van der Waals surface area contributed by atoms with Crippen LogP contribution in [0.25, 0.3) is 0 Å². The lowest BCUT2D eigenvalue weighted by Gasteiger charge is -2.14. The van der Waals surface area contributed by atoms with Crippen LogP contribution in [0.1, 0.15) is 136 Å². The first kappa shape index (κ1) is 49.6. The van der Waals surface area contributed by atoms with Crippen LogP contribution in [0.2, 0.25) is 0 Å². The van der Waals surface area contributed by atoms with Gasteiger partial charge in [-0.1, -0.05) is 148 Å². The van der Waals surface area contributed by atoms with Gasteiger partial charge in [0, 0.05) is 19.4 Å². The van der Waals surface area contributed by atoms with Gasteiger partial charge in [0.2, 0.25) is 11.8 Å². The summed E-state index contributed by atoms with van der Waals surface area (Å²) in [7, 11) is 0. The summed E-state index contributed by atoms with van der Waals surface area (Å²) in [6, 6.07) is -0.907. The minimum absolute atomic E-state index is 0.00914. The third-order valence-corrected chi connectivity index (χ3v) is 7.94. The smallest absolute Gasteiger partial charge is 0.326 e. The number of aliphatic carboxylic acids is 1. The molecular weight excluding hydrogens is 669 g/mol. The highest BCUT2D eigenvalue weighted by Crippen LogP contribution is 2.05. The van der Waals surface area contributed by atoms with Gasteiger partial charge in [0.05, 0.1) is 0 Å². The molecule has 6 heteroatoms. The quantitative estimate of drug-likeness (QED) is 0.0452. The third-order valence-electron chi connectivity index (χ3n) is 7.94. The number of carboxylic acids is 1. The highest BCUT2D eigenvalue weighted by atomic mass is 16.4. The van der Waals surface area contributed by atoms with Crippen LogP contribution in [-0.4, -0.2) is 35.5 Å². The maximum atomic E-state index is 12.3. The molecule has 0 aromatic carbocycles. The molecule has 0 aromatic rings. The summed E-state index contributed by atoms with van der Waals surface area (Å²) in [6.45, 7) is 4.78. The van der Waals surface area contributed by atoms with Crippen LogP contribution in [0.15, 0.2) is 134 Å². The molecule has 0 heterocycles. The van der Waals surface area contributed by atoms with Gasteiger partial charge in [0.25, 0.3) is 0 Å². The third kappa shape index (κ3) is 38.8. The second-order valence-electron chi connectivity index (χ2n) is 12.9. The van der Waals surface area contributed by atoms with Crippen LogP contribution < -0.4 is 10.6 Å². The molecule has 3 N–H and O–H groups in total. The molecule has 1 atom stereocenters. The zero-order valence-corrected chi connectivity index (χ0v) is 33.6. The number of allylic oxidation sites excluding steroid dienone is 22. The summed E-state index contributed by atoms with van der Waals surface area (Å²) < 4.78 is 0. The van der Waals surface area contributed by atoms with Gasteiger partial charge in [0.1, 0.15) is 6.04 Å². The summed E-state index contributed by atoms with van der Waals surface area (Å²) in [4.78, 5) is 36.1. The summed E-state index contributed by atoms with van der Waals surface area (Å²) in [5.74, 6) is -1.27. The van der Waals surface area contributed by atoms with E-state index in [4.69, 9.17) is 0 Å². The van der Waals surface area contributed by atoms with Crippen LogP contribution in [0, 0.1) is 0 Å². The van der Waals surface area contributed by atoms with Crippen molar-refractivity contribution >= 4 is 17.8 Å². The fraction of sp³-hybridized carbons (Fsp3) is 0.479. The molecule has 0 rings (SSSR count). The van der Waals surface area contributed by atoms with E-state index in [9.17, 15) is 19.5 Å². The average molecular weight is 741 g/mol. The SMILES string of the molecule is CCC=CCC=CCC=CCC=CCC=CCC=CCCC(=O)NCCCC[C@H](NC(=O)CCCC=CCC=CCC=CCC=CCC=CCC)C(=O)O. The van der Waals surface area contributed by atoms with Crippen molar-refractivity contribution in [2.24, 2.45) is 0 Å². The molecule has 0 radical (unpaired) electrons. The predicted molar refractivity (Wildman–Crippen MR) is 232 cm³/mol. The lowest BCUT2D eigenvalue weighted by molar-refractivity contribution is -0.142. The number of rotatable bonds is 34. The van der Waals surface area contributed by atoms with Crippen molar-refractivity contribution in [3.63, 3.8) is 0 Å². The van der Waals surface area contributed by atoms with Crippen LogP contribution in [0.4, 0.5) is 0 Å². The Bertz CT molecular complexity index is 1270. The van der Waals surface area contributed by atoms with Gasteiger partial charge in [-0.3, -0.25) is 9.59 Å². The highest BCUT2D eigenvalue weighted by molar-refractivity contribution is 5.83. The van der Waals surface area contributed by atoms with E-state index in [1.165, 1.54) is 0 Å². The Kier molecular flexibility index (Phi) is 37.9. The Morgan fingerprint density at radius 2 is 0.815 bits per heavy atom. The van der Waals surface area contributed by atoms with Crippen LogP contribution in [-0.2, 0) is 14.4 Å². The number of unbranched alkanes of at least 4 members (excludes halogenated alkanes) is 2. The number of carbonyl (C=O) groups excluding carboxylic acids is 2. The average Bonchev–Trinajstić information content (AvgIpc) is 3.16. The number of amides is 2. The molecule has 0 fully saturated rings. The minimum Gasteiger partial charge on any atom is -0.480 e. The molecule has 2 amide bonds. The monoisotopic (exact) mass is 741 g/mol. The second kappa shape index (κ2) is 41.3. The predicted octanol–water partition coefficient (Wildman–Crippen LogP) is 12.2. The van der Waals surface area contributed by atoms with Crippen LogP contribution in [0.3, 0.4) is 0 Å². The first-order valence-electron chi connectivity index (χ1n) is 20.4. The summed E-state index contributed by atoms with van der Waals surface area (Å²) in [5.41, 5.74) is 0. The van der Waals surface area contributed by atoms with Crippen molar-refractivity contribution in [1.29, 1.82) is 0 Å². The lowest BCUT2D eigenvalue weighted by atomic mass is 10.1. The summed E-state index contributed by atoms with van der Waals surface area (Å²) >= 11 is 0. The van der Waals surface area contributed by atoms with Gasteiger partial charge in [-0.25, -0.2) is 4.79 Å². The largest absolute Gasteiger partial charge is 0.480 e. The maximum Gasteiger partial charge on any atom is 0.326 e. The Morgan fingerprint density at radius 3 is 1.20 bits per heavy atom. The molecule has 0 spiro atoms.